The van der Waals surface area contributed by atoms with Crippen molar-refractivity contribution >= 4 is 34.6 Å². The van der Waals surface area contributed by atoms with Crippen molar-refractivity contribution in [3.05, 3.63) is 65.9 Å². The van der Waals surface area contributed by atoms with Crippen molar-refractivity contribution in [1.82, 2.24) is 20.5 Å². The van der Waals surface area contributed by atoms with E-state index in [9.17, 15) is 29.4 Å². The predicted molar refractivity (Wildman–Crippen MR) is 153 cm³/mol. The van der Waals surface area contributed by atoms with Crippen molar-refractivity contribution in [1.29, 1.82) is 0 Å². The molecule has 2 heterocycles. The van der Waals surface area contributed by atoms with Gasteiger partial charge in [-0.15, -0.1) is 0 Å². The third-order valence-electron chi connectivity index (χ3n) is 7.51. The van der Waals surface area contributed by atoms with E-state index < -0.39 is 47.9 Å². The standard InChI is InChI=1S/C30H37N5O6/c1-17(2)26(34-27(37)22(31)15-19-16-32-23-7-4-3-6-21(19)23)28(38)33-24(14-18-9-11-20(36)12-10-18)29(39)35-13-5-8-25(35)30(40)41/h3-4,6-7,9-12,16-17,22,24-26,32,36H,5,8,13-15,31H2,1-2H3,(H,33,38)(H,34,37)(H,40,41). The Kier molecular flexibility index (Phi) is 9.28. The number of aromatic nitrogens is 1. The van der Waals surface area contributed by atoms with E-state index in [4.69, 9.17) is 5.73 Å². The second kappa shape index (κ2) is 12.9. The van der Waals surface area contributed by atoms with Crippen LogP contribution in [0.1, 0.15) is 37.8 Å². The van der Waals surface area contributed by atoms with Gasteiger partial charge >= 0.3 is 5.97 Å². The van der Waals surface area contributed by atoms with Gasteiger partial charge < -0.3 is 36.5 Å². The normalized spacial score (nSPS) is 17.3. The largest absolute Gasteiger partial charge is 0.508 e. The summed E-state index contributed by atoms with van der Waals surface area (Å²) in [6, 6.07) is 9.94. The molecule has 41 heavy (non-hydrogen) atoms. The van der Waals surface area contributed by atoms with Gasteiger partial charge in [0.1, 0.15) is 23.9 Å². The topological polar surface area (TPSA) is 178 Å². The molecule has 4 atom stereocenters. The second-order valence-electron chi connectivity index (χ2n) is 10.9. The van der Waals surface area contributed by atoms with Gasteiger partial charge in [0, 0.05) is 30.1 Å². The number of aromatic amines is 1. The number of carbonyl (C=O) groups excluding carboxylic acids is 3. The number of nitrogens with zero attached hydrogens (tertiary/aromatic N) is 1. The Labute approximate surface area is 238 Å². The number of rotatable bonds is 11. The number of aromatic hydroxyl groups is 1. The first-order valence-corrected chi connectivity index (χ1v) is 13.8. The van der Waals surface area contributed by atoms with Crippen molar-refractivity contribution in [3.63, 3.8) is 0 Å². The number of phenols is 1. The third kappa shape index (κ3) is 7.04. The van der Waals surface area contributed by atoms with Crippen molar-refractivity contribution < 1.29 is 29.4 Å². The Morgan fingerprint density at radius 1 is 1.02 bits per heavy atom. The van der Waals surface area contributed by atoms with Crippen LogP contribution in [0.25, 0.3) is 10.9 Å². The molecule has 2 aromatic carbocycles. The van der Waals surface area contributed by atoms with Gasteiger partial charge in [-0.3, -0.25) is 14.4 Å². The Bertz CT molecular complexity index is 1400. The predicted octanol–water partition coefficient (Wildman–Crippen LogP) is 1.69. The molecule has 1 aliphatic heterocycles. The summed E-state index contributed by atoms with van der Waals surface area (Å²) in [6.07, 6.45) is 3.02. The van der Waals surface area contributed by atoms with E-state index >= 15 is 0 Å². The lowest BCUT2D eigenvalue weighted by molar-refractivity contribution is -0.149. The minimum absolute atomic E-state index is 0.0534. The number of hydrogen-bond acceptors (Lipinski definition) is 6. The van der Waals surface area contributed by atoms with Crippen molar-refractivity contribution in [2.75, 3.05) is 6.54 Å². The summed E-state index contributed by atoms with van der Waals surface area (Å²) in [7, 11) is 0. The molecule has 7 N–H and O–H groups in total. The number of carbonyl (C=O) groups is 4. The maximum Gasteiger partial charge on any atom is 0.326 e. The summed E-state index contributed by atoms with van der Waals surface area (Å²) >= 11 is 0. The summed E-state index contributed by atoms with van der Waals surface area (Å²) in [6.45, 7) is 3.81. The van der Waals surface area contributed by atoms with Crippen LogP contribution in [0.5, 0.6) is 5.75 Å². The van der Waals surface area contributed by atoms with Gasteiger partial charge in [-0.1, -0.05) is 44.2 Å². The Morgan fingerprint density at radius 2 is 1.73 bits per heavy atom. The molecule has 3 amide bonds. The van der Waals surface area contributed by atoms with Crippen molar-refractivity contribution in [2.24, 2.45) is 11.7 Å². The van der Waals surface area contributed by atoms with Crippen LogP contribution in [-0.2, 0) is 32.0 Å². The molecule has 1 aliphatic rings. The molecule has 0 saturated carbocycles. The molecule has 3 aromatic rings. The van der Waals surface area contributed by atoms with E-state index in [0.29, 0.717) is 18.4 Å². The molecule has 0 bridgehead atoms. The minimum Gasteiger partial charge on any atom is -0.508 e. The molecule has 1 saturated heterocycles. The van der Waals surface area contributed by atoms with Crippen LogP contribution in [-0.4, -0.2) is 74.5 Å². The lowest BCUT2D eigenvalue weighted by Gasteiger charge is -2.30. The number of para-hydroxylation sites is 1. The zero-order valence-electron chi connectivity index (χ0n) is 23.2. The van der Waals surface area contributed by atoms with Gasteiger partial charge in [0.15, 0.2) is 0 Å². The van der Waals surface area contributed by atoms with E-state index in [1.54, 1.807) is 26.0 Å². The Balaban J connectivity index is 1.48. The average molecular weight is 564 g/mol. The van der Waals surface area contributed by atoms with Crippen molar-refractivity contribution in [2.45, 2.75) is 63.7 Å². The van der Waals surface area contributed by atoms with Gasteiger partial charge in [-0.25, -0.2) is 4.79 Å². The molecule has 0 radical (unpaired) electrons. The molecule has 1 aromatic heterocycles. The van der Waals surface area contributed by atoms with E-state index in [2.05, 4.69) is 15.6 Å². The van der Waals surface area contributed by atoms with Crippen molar-refractivity contribution in [3.8, 4) is 5.75 Å². The Hall–Kier alpha value is -4.38. The average Bonchev–Trinajstić information content (AvgIpc) is 3.60. The third-order valence-corrected chi connectivity index (χ3v) is 7.51. The highest BCUT2D eigenvalue weighted by molar-refractivity contribution is 5.95. The first-order chi connectivity index (χ1) is 19.5. The maximum absolute atomic E-state index is 13.6. The number of nitrogens with two attached hydrogens (primary N) is 1. The van der Waals surface area contributed by atoms with Crippen LogP contribution in [0.2, 0.25) is 0 Å². The van der Waals surface area contributed by atoms with E-state index in [0.717, 1.165) is 16.5 Å². The molecule has 218 valence electrons. The lowest BCUT2D eigenvalue weighted by Crippen LogP contribution is -2.59. The van der Waals surface area contributed by atoms with Gasteiger partial charge in [0.05, 0.1) is 6.04 Å². The molecule has 0 aliphatic carbocycles. The fraction of sp³-hybridized carbons (Fsp3) is 0.400. The number of H-pyrrole nitrogens is 1. The fourth-order valence-electron chi connectivity index (χ4n) is 5.24. The van der Waals surface area contributed by atoms with E-state index in [1.807, 2.05) is 30.5 Å². The summed E-state index contributed by atoms with van der Waals surface area (Å²) in [5.74, 6) is -2.96. The van der Waals surface area contributed by atoms with Gasteiger partial charge in [0.2, 0.25) is 17.7 Å². The highest BCUT2D eigenvalue weighted by atomic mass is 16.4. The first-order valence-electron chi connectivity index (χ1n) is 13.8. The maximum atomic E-state index is 13.6. The number of amides is 3. The minimum atomic E-state index is -1.10. The number of benzene rings is 2. The first kappa shape index (κ1) is 29.6. The van der Waals surface area contributed by atoms with Crippen LogP contribution in [0.15, 0.2) is 54.7 Å². The SMILES string of the molecule is CC(C)C(NC(=O)C(N)Cc1c[nH]c2ccccc12)C(=O)NC(Cc1ccc(O)cc1)C(=O)N1CCCC1C(=O)O. The Morgan fingerprint density at radius 3 is 2.41 bits per heavy atom. The molecule has 11 heteroatoms. The number of likely N-dealkylation sites (tertiary alicyclic amines) is 1. The highest BCUT2D eigenvalue weighted by Crippen LogP contribution is 2.21. The van der Waals surface area contributed by atoms with Gasteiger partial charge in [0.25, 0.3) is 0 Å². The monoisotopic (exact) mass is 563 g/mol. The molecule has 4 unspecified atom stereocenters. The molecule has 0 spiro atoms. The molecule has 1 fully saturated rings. The number of aliphatic carboxylic acids is 1. The van der Waals surface area contributed by atoms with Crippen LogP contribution in [0.4, 0.5) is 0 Å². The van der Waals surface area contributed by atoms with Crippen LogP contribution >= 0.6 is 0 Å². The number of carboxylic acid groups (broad SMARTS) is 1. The van der Waals surface area contributed by atoms with Gasteiger partial charge in [-0.2, -0.15) is 0 Å². The summed E-state index contributed by atoms with van der Waals surface area (Å²) in [4.78, 5) is 56.4. The summed E-state index contributed by atoms with van der Waals surface area (Å²) in [5, 5.41) is 25.7. The van der Waals surface area contributed by atoms with Crippen LogP contribution in [0, 0.1) is 5.92 Å². The van der Waals surface area contributed by atoms with Gasteiger partial charge in [-0.05, 0) is 54.5 Å². The zero-order chi connectivity index (χ0) is 29.7. The zero-order valence-corrected chi connectivity index (χ0v) is 23.2. The molecule has 4 rings (SSSR count). The number of fused-ring (bicyclic) bond motifs is 1. The number of phenolic OH excluding ortho intramolecular Hbond substituents is 1. The van der Waals surface area contributed by atoms with E-state index in [-0.39, 0.29) is 31.1 Å². The van der Waals surface area contributed by atoms with Crippen LogP contribution < -0.4 is 16.4 Å². The number of nitrogens with one attached hydrogen (secondary N) is 3. The summed E-state index contributed by atoms with van der Waals surface area (Å²) in [5.41, 5.74) is 8.72. The smallest absolute Gasteiger partial charge is 0.326 e. The molecular formula is C30H37N5O6. The molecular weight excluding hydrogens is 526 g/mol. The summed E-state index contributed by atoms with van der Waals surface area (Å²) < 4.78 is 0. The number of carboxylic acids is 1. The van der Waals surface area contributed by atoms with Crippen LogP contribution in [0.3, 0.4) is 0 Å². The van der Waals surface area contributed by atoms with E-state index in [1.165, 1.54) is 17.0 Å². The fourth-order valence-corrected chi connectivity index (χ4v) is 5.24. The molecule has 11 nitrogen and oxygen atoms in total. The second-order valence-corrected chi connectivity index (χ2v) is 10.9. The quantitative estimate of drug-likeness (QED) is 0.205. The number of hydrogen-bond donors (Lipinski definition) is 6. The highest BCUT2D eigenvalue weighted by Gasteiger charge is 2.39. The lowest BCUT2D eigenvalue weighted by atomic mass is 9.99.